The summed E-state index contributed by atoms with van der Waals surface area (Å²) >= 11 is 6.04. The van der Waals surface area contributed by atoms with E-state index in [1.807, 2.05) is 36.6 Å². The molecule has 0 radical (unpaired) electrons. The van der Waals surface area contributed by atoms with Gasteiger partial charge in [0.05, 0.1) is 12.0 Å². The fraction of sp³-hybridized carbons (Fsp3) is 0.294. The number of hydrogen-bond donors (Lipinski definition) is 2. The quantitative estimate of drug-likeness (QED) is 0.881. The molecule has 0 fully saturated rings. The van der Waals surface area contributed by atoms with Gasteiger partial charge in [-0.15, -0.1) is 0 Å². The number of nitrogens with zero attached hydrogens (tertiary/aromatic N) is 1. The highest BCUT2D eigenvalue weighted by Crippen LogP contribution is 2.23. The van der Waals surface area contributed by atoms with E-state index in [1.54, 1.807) is 19.1 Å². The number of rotatable bonds is 5. The summed E-state index contributed by atoms with van der Waals surface area (Å²) in [4.78, 5) is 23.1. The molecule has 1 aromatic carbocycles. The number of carboxylic acid groups (broad SMARTS) is 1. The molecule has 2 N–H and O–H groups in total. The third kappa shape index (κ3) is 3.93. The van der Waals surface area contributed by atoms with Crippen LogP contribution in [0.5, 0.6) is 0 Å². The van der Waals surface area contributed by atoms with Crippen LogP contribution in [0.1, 0.15) is 35.1 Å². The molecule has 1 amide bonds. The Balaban J connectivity index is 2.30. The average molecular weight is 335 g/mol. The zero-order valence-electron chi connectivity index (χ0n) is 13.3. The Bertz CT molecular complexity index is 752. The van der Waals surface area contributed by atoms with Crippen LogP contribution in [0.15, 0.2) is 30.3 Å². The number of carbonyl (C=O) groups is 2. The first-order valence-corrected chi connectivity index (χ1v) is 7.65. The second-order valence-electron chi connectivity index (χ2n) is 5.57. The highest BCUT2D eigenvalue weighted by molar-refractivity contribution is 6.30. The minimum atomic E-state index is -0.942. The summed E-state index contributed by atoms with van der Waals surface area (Å²) in [6.45, 7) is 5.43. The maximum Gasteiger partial charge on any atom is 0.305 e. The molecule has 0 saturated heterocycles. The fourth-order valence-corrected chi connectivity index (χ4v) is 2.80. The minimum absolute atomic E-state index is 0.112. The van der Waals surface area contributed by atoms with E-state index in [0.717, 1.165) is 17.1 Å². The lowest BCUT2D eigenvalue weighted by molar-refractivity contribution is -0.137. The maximum absolute atomic E-state index is 12.4. The molecule has 2 rings (SSSR count). The van der Waals surface area contributed by atoms with Crippen LogP contribution >= 0.6 is 11.6 Å². The molecule has 2 aromatic rings. The van der Waals surface area contributed by atoms with Gasteiger partial charge in [-0.2, -0.15) is 0 Å². The smallest absolute Gasteiger partial charge is 0.305 e. The van der Waals surface area contributed by atoms with Gasteiger partial charge in [0, 0.05) is 28.1 Å². The van der Waals surface area contributed by atoms with Crippen LogP contribution in [0.25, 0.3) is 5.69 Å². The number of nitrogens with one attached hydrogen (secondary N) is 1. The van der Waals surface area contributed by atoms with Crippen LogP contribution in [0.3, 0.4) is 0 Å². The normalized spacial score (nSPS) is 12.0. The Morgan fingerprint density at radius 1 is 1.30 bits per heavy atom. The van der Waals surface area contributed by atoms with E-state index < -0.39 is 12.0 Å². The van der Waals surface area contributed by atoms with Gasteiger partial charge in [0.1, 0.15) is 0 Å². The second kappa shape index (κ2) is 6.87. The Labute approximate surface area is 139 Å². The number of benzene rings is 1. The predicted octanol–water partition coefficient (Wildman–Crippen LogP) is 3.34. The van der Waals surface area contributed by atoms with E-state index >= 15 is 0 Å². The lowest BCUT2D eigenvalue weighted by atomic mass is 10.2. The van der Waals surface area contributed by atoms with Crippen molar-refractivity contribution in [3.05, 3.63) is 52.3 Å². The average Bonchev–Trinajstić information content (AvgIpc) is 2.73. The lowest BCUT2D eigenvalue weighted by Crippen LogP contribution is -2.34. The third-order valence-electron chi connectivity index (χ3n) is 3.60. The standard InChI is InChI=1S/C17H19ClN2O3/c1-10(7-16(21)22)19-17(23)15-8-11(2)20(12(15)3)14-6-4-5-13(18)9-14/h4-6,8-10H,7H2,1-3H3,(H,19,23)(H,21,22). The van der Waals surface area contributed by atoms with Crippen molar-refractivity contribution in [2.75, 3.05) is 0 Å². The monoisotopic (exact) mass is 334 g/mol. The van der Waals surface area contributed by atoms with Crippen LogP contribution in [-0.4, -0.2) is 27.6 Å². The largest absolute Gasteiger partial charge is 0.481 e. The van der Waals surface area contributed by atoms with Gasteiger partial charge in [-0.1, -0.05) is 17.7 Å². The molecule has 0 aliphatic rings. The SMILES string of the molecule is Cc1cc(C(=O)NC(C)CC(=O)O)c(C)n1-c1cccc(Cl)c1. The third-order valence-corrected chi connectivity index (χ3v) is 3.84. The molecule has 1 aromatic heterocycles. The van der Waals surface area contributed by atoms with E-state index in [9.17, 15) is 9.59 Å². The lowest BCUT2D eigenvalue weighted by Gasteiger charge is -2.12. The first-order valence-electron chi connectivity index (χ1n) is 7.27. The molecule has 23 heavy (non-hydrogen) atoms. The molecular weight excluding hydrogens is 316 g/mol. The number of hydrogen-bond acceptors (Lipinski definition) is 2. The number of aromatic nitrogens is 1. The number of aliphatic carboxylic acids is 1. The highest BCUT2D eigenvalue weighted by atomic mass is 35.5. The van der Waals surface area contributed by atoms with Crippen molar-refractivity contribution in [3.8, 4) is 5.69 Å². The van der Waals surface area contributed by atoms with Gasteiger partial charge in [0.2, 0.25) is 0 Å². The Morgan fingerprint density at radius 3 is 2.61 bits per heavy atom. The van der Waals surface area contributed by atoms with Gasteiger partial charge in [-0.3, -0.25) is 9.59 Å². The van der Waals surface area contributed by atoms with Crippen molar-refractivity contribution in [2.45, 2.75) is 33.2 Å². The van der Waals surface area contributed by atoms with E-state index in [-0.39, 0.29) is 12.3 Å². The van der Waals surface area contributed by atoms with E-state index in [4.69, 9.17) is 16.7 Å². The molecule has 0 aliphatic heterocycles. The summed E-state index contributed by atoms with van der Waals surface area (Å²) < 4.78 is 1.95. The van der Waals surface area contributed by atoms with Crippen LogP contribution in [0.4, 0.5) is 0 Å². The number of carbonyl (C=O) groups excluding carboxylic acids is 1. The molecule has 122 valence electrons. The molecular formula is C17H19ClN2O3. The van der Waals surface area contributed by atoms with Crippen LogP contribution in [0.2, 0.25) is 5.02 Å². The summed E-state index contributed by atoms with van der Waals surface area (Å²) in [6, 6.07) is 8.75. The van der Waals surface area contributed by atoms with Gasteiger partial charge < -0.3 is 15.0 Å². The Hall–Kier alpha value is -2.27. The van der Waals surface area contributed by atoms with Crippen molar-refractivity contribution in [1.82, 2.24) is 9.88 Å². The van der Waals surface area contributed by atoms with Gasteiger partial charge >= 0.3 is 5.97 Å². The molecule has 0 bridgehead atoms. The zero-order chi connectivity index (χ0) is 17.1. The first-order chi connectivity index (χ1) is 10.8. The molecule has 1 atom stereocenters. The predicted molar refractivity (Wildman–Crippen MR) is 89.4 cm³/mol. The van der Waals surface area contributed by atoms with E-state index in [1.165, 1.54) is 0 Å². The van der Waals surface area contributed by atoms with E-state index in [2.05, 4.69) is 5.32 Å². The van der Waals surface area contributed by atoms with Crippen LogP contribution < -0.4 is 5.32 Å². The molecule has 5 nitrogen and oxygen atoms in total. The topological polar surface area (TPSA) is 71.3 Å². The van der Waals surface area contributed by atoms with Gasteiger partial charge in [0.25, 0.3) is 5.91 Å². The van der Waals surface area contributed by atoms with Crippen molar-refractivity contribution >= 4 is 23.5 Å². The number of aryl methyl sites for hydroxylation is 1. The summed E-state index contributed by atoms with van der Waals surface area (Å²) in [5.74, 6) is -1.22. The summed E-state index contributed by atoms with van der Waals surface area (Å²) in [7, 11) is 0. The molecule has 1 unspecified atom stereocenters. The van der Waals surface area contributed by atoms with Crippen molar-refractivity contribution in [1.29, 1.82) is 0 Å². The fourth-order valence-electron chi connectivity index (χ4n) is 2.62. The second-order valence-corrected chi connectivity index (χ2v) is 6.01. The Kier molecular flexibility index (Phi) is 5.11. The minimum Gasteiger partial charge on any atom is -0.481 e. The maximum atomic E-state index is 12.4. The molecule has 0 spiro atoms. The van der Waals surface area contributed by atoms with Gasteiger partial charge in [0.15, 0.2) is 0 Å². The summed E-state index contributed by atoms with van der Waals surface area (Å²) in [6.07, 6.45) is -0.112. The zero-order valence-corrected chi connectivity index (χ0v) is 14.0. The van der Waals surface area contributed by atoms with Crippen molar-refractivity contribution in [3.63, 3.8) is 0 Å². The van der Waals surface area contributed by atoms with Crippen LogP contribution in [-0.2, 0) is 4.79 Å². The molecule has 1 heterocycles. The molecule has 0 saturated carbocycles. The van der Waals surface area contributed by atoms with Crippen LogP contribution in [0, 0.1) is 13.8 Å². The number of carboxylic acids is 1. The van der Waals surface area contributed by atoms with Crippen molar-refractivity contribution < 1.29 is 14.7 Å². The number of amides is 1. The van der Waals surface area contributed by atoms with Gasteiger partial charge in [-0.05, 0) is 45.0 Å². The summed E-state index contributed by atoms with van der Waals surface area (Å²) in [5.41, 5.74) is 3.09. The number of halogens is 1. The highest BCUT2D eigenvalue weighted by Gasteiger charge is 2.19. The molecule has 0 aliphatic carbocycles. The van der Waals surface area contributed by atoms with E-state index in [0.29, 0.717) is 10.6 Å². The summed E-state index contributed by atoms with van der Waals surface area (Å²) in [5, 5.41) is 12.1. The van der Waals surface area contributed by atoms with Crippen molar-refractivity contribution in [2.24, 2.45) is 0 Å². The van der Waals surface area contributed by atoms with Gasteiger partial charge in [-0.25, -0.2) is 0 Å². The molecule has 6 heteroatoms. The Morgan fingerprint density at radius 2 is 2.00 bits per heavy atom. The first kappa shape index (κ1) is 17.1.